The van der Waals surface area contributed by atoms with Gasteiger partial charge in [0.1, 0.15) is 5.69 Å². The lowest BCUT2D eigenvalue weighted by Crippen LogP contribution is -2.57. The van der Waals surface area contributed by atoms with Crippen LogP contribution < -0.4 is 5.73 Å². The summed E-state index contributed by atoms with van der Waals surface area (Å²) in [7, 11) is 1.31. The summed E-state index contributed by atoms with van der Waals surface area (Å²) in [6.07, 6.45) is -3.76. The van der Waals surface area contributed by atoms with Crippen LogP contribution in [0.1, 0.15) is 17.4 Å². The molecule has 0 aliphatic heterocycles. The fourth-order valence-corrected chi connectivity index (χ4v) is 1.29. The number of hydrogen-bond acceptors (Lipinski definition) is 3. The average Bonchev–Trinajstić information content (AvgIpc) is 2.43. The molecule has 1 heterocycles. The lowest BCUT2D eigenvalue weighted by atomic mass is 9.95. The van der Waals surface area contributed by atoms with Gasteiger partial charge in [-0.05, 0) is 6.92 Å². The number of rotatable bonds is 2. The molecule has 1 rings (SSSR count). The van der Waals surface area contributed by atoms with Crippen LogP contribution in [0.3, 0.4) is 0 Å². The van der Waals surface area contributed by atoms with Gasteiger partial charge in [0.15, 0.2) is 5.54 Å². The van der Waals surface area contributed by atoms with E-state index in [0.717, 1.165) is 10.9 Å². The molecule has 0 radical (unpaired) electrons. The first-order chi connectivity index (χ1) is 7.09. The highest BCUT2D eigenvalue weighted by molar-refractivity contribution is 6.34. The summed E-state index contributed by atoms with van der Waals surface area (Å²) in [6.45, 7) is 0.596. The third-order valence-corrected chi connectivity index (χ3v) is 2.45. The topological polar surface area (TPSA) is 60.9 Å². The fourth-order valence-electron chi connectivity index (χ4n) is 1.04. The number of carbonyl (C=O) groups excluding carboxylic acids is 1. The monoisotopic (exact) mass is 255 g/mol. The molecule has 8 heteroatoms. The van der Waals surface area contributed by atoms with Crippen molar-refractivity contribution in [3.05, 3.63) is 16.9 Å². The number of aromatic nitrogens is 2. The molecule has 1 atom stereocenters. The standard InChI is InChI=1S/C8H9ClF3N3O/c1-7(13,8(10,11)12)6(16)5-4(9)3-14-15(5)2/h3H,13H2,1-2H3. The maximum atomic E-state index is 12.5. The Morgan fingerprint density at radius 3 is 2.38 bits per heavy atom. The van der Waals surface area contributed by atoms with Gasteiger partial charge in [0.25, 0.3) is 0 Å². The second-order valence-electron chi connectivity index (χ2n) is 3.49. The molecule has 16 heavy (non-hydrogen) atoms. The van der Waals surface area contributed by atoms with E-state index in [2.05, 4.69) is 5.10 Å². The second kappa shape index (κ2) is 3.74. The number of ketones is 1. The Morgan fingerprint density at radius 1 is 1.56 bits per heavy atom. The summed E-state index contributed by atoms with van der Waals surface area (Å²) < 4.78 is 38.5. The van der Waals surface area contributed by atoms with E-state index < -0.39 is 17.5 Å². The number of Topliss-reactive ketones (excluding diaryl/α,β-unsaturated/α-hetero) is 1. The fraction of sp³-hybridized carbons (Fsp3) is 0.500. The molecule has 1 aromatic heterocycles. The molecule has 0 aliphatic rings. The number of alkyl halides is 3. The molecular formula is C8H9ClF3N3O. The molecule has 0 bridgehead atoms. The quantitative estimate of drug-likeness (QED) is 0.816. The minimum atomic E-state index is -4.85. The van der Waals surface area contributed by atoms with Crippen LogP contribution in [0.4, 0.5) is 13.2 Å². The normalized spacial score (nSPS) is 15.9. The summed E-state index contributed by atoms with van der Waals surface area (Å²) >= 11 is 5.57. The third kappa shape index (κ3) is 1.92. The number of nitrogens with two attached hydrogens (primary N) is 1. The van der Waals surface area contributed by atoms with Crippen molar-refractivity contribution in [1.29, 1.82) is 0 Å². The van der Waals surface area contributed by atoms with Gasteiger partial charge in [0.2, 0.25) is 5.78 Å². The van der Waals surface area contributed by atoms with E-state index in [-0.39, 0.29) is 10.7 Å². The number of aryl methyl sites for hydroxylation is 1. The molecule has 4 nitrogen and oxygen atoms in total. The highest BCUT2D eigenvalue weighted by atomic mass is 35.5. The van der Waals surface area contributed by atoms with Crippen molar-refractivity contribution in [1.82, 2.24) is 9.78 Å². The minimum absolute atomic E-state index is 0.159. The Hall–Kier alpha value is -1.08. The van der Waals surface area contributed by atoms with Crippen LogP contribution in [0.25, 0.3) is 0 Å². The van der Waals surface area contributed by atoms with Gasteiger partial charge in [0, 0.05) is 7.05 Å². The van der Waals surface area contributed by atoms with Crippen molar-refractivity contribution in [3.63, 3.8) is 0 Å². The summed E-state index contributed by atoms with van der Waals surface area (Å²) in [5.41, 5.74) is 1.65. The Morgan fingerprint density at radius 2 is 2.06 bits per heavy atom. The van der Waals surface area contributed by atoms with Crippen molar-refractivity contribution in [3.8, 4) is 0 Å². The number of nitrogens with zero attached hydrogens (tertiary/aromatic N) is 2. The van der Waals surface area contributed by atoms with Crippen LogP contribution in [-0.2, 0) is 7.05 Å². The van der Waals surface area contributed by atoms with E-state index in [1.165, 1.54) is 7.05 Å². The van der Waals surface area contributed by atoms with Crippen LogP contribution in [0.5, 0.6) is 0 Å². The first kappa shape index (κ1) is 13.0. The van der Waals surface area contributed by atoms with Crippen LogP contribution in [-0.4, -0.2) is 27.3 Å². The molecule has 0 aliphatic carbocycles. The lowest BCUT2D eigenvalue weighted by molar-refractivity contribution is -0.166. The zero-order valence-electron chi connectivity index (χ0n) is 8.47. The van der Waals surface area contributed by atoms with Crippen molar-refractivity contribution >= 4 is 17.4 Å². The van der Waals surface area contributed by atoms with E-state index in [9.17, 15) is 18.0 Å². The smallest absolute Gasteiger partial charge is 0.311 e. The molecule has 0 fully saturated rings. The van der Waals surface area contributed by atoms with Gasteiger partial charge in [-0.25, -0.2) is 0 Å². The lowest BCUT2D eigenvalue weighted by Gasteiger charge is -2.25. The maximum absolute atomic E-state index is 12.5. The number of carbonyl (C=O) groups is 1. The summed E-state index contributed by atoms with van der Waals surface area (Å²) in [4.78, 5) is 11.6. The van der Waals surface area contributed by atoms with E-state index in [0.29, 0.717) is 6.92 Å². The SMILES string of the molecule is Cn1ncc(Cl)c1C(=O)C(C)(N)C(F)(F)F. The van der Waals surface area contributed by atoms with Crippen molar-refractivity contribution in [2.75, 3.05) is 0 Å². The molecule has 1 aromatic rings. The third-order valence-electron chi connectivity index (χ3n) is 2.17. The summed E-state index contributed by atoms with van der Waals surface area (Å²) in [6, 6.07) is 0. The Balaban J connectivity index is 3.23. The number of hydrogen-bond donors (Lipinski definition) is 1. The highest BCUT2D eigenvalue weighted by Crippen LogP contribution is 2.32. The molecular weight excluding hydrogens is 247 g/mol. The maximum Gasteiger partial charge on any atom is 0.413 e. The summed E-state index contributed by atoms with van der Waals surface area (Å²) in [5.74, 6) is -1.31. The molecule has 0 saturated carbocycles. The molecule has 90 valence electrons. The van der Waals surface area contributed by atoms with E-state index in [4.69, 9.17) is 17.3 Å². The molecule has 1 unspecified atom stereocenters. The number of halogens is 4. The Bertz CT molecular complexity index is 405. The zero-order chi connectivity index (χ0) is 12.7. The largest absolute Gasteiger partial charge is 0.413 e. The first-order valence-electron chi connectivity index (χ1n) is 4.17. The average molecular weight is 256 g/mol. The van der Waals surface area contributed by atoms with Crippen molar-refractivity contribution in [2.45, 2.75) is 18.6 Å². The highest BCUT2D eigenvalue weighted by Gasteiger charge is 2.55. The van der Waals surface area contributed by atoms with Gasteiger partial charge in [-0.2, -0.15) is 18.3 Å². The summed E-state index contributed by atoms with van der Waals surface area (Å²) in [5, 5.41) is 3.41. The van der Waals surface area contributed by atoms with Gasteiger partial charge in [-0.15, -0.1) is 0 Å². The van der Waals surface area contributed by atoms with Gasteiger partial charge < -0.3 is 5.73 Å². The van der Waals surface area contributed by atoms with Crippen LogP contribution in [0.15, 0.2) is 6.20 Å². The predicted octanol–water partition coefficient (Wildman–Crippen LogP) is 1.54. The van der Waals surface area contributed by atoms with Crippen LogP contribution >= 0.6 is 11.6 Å². The van der Waals surface area contributed by atoms with E-state index in [1.807, 2.05) is 0 Å². The van der Waals surface area contributed by atoms with Gasteiger partial charge in [-0.1, -0.05) is 11.6 Å². The molecule has 0 spiro atoms. The molecule has 2 N–H and O–H groups in total. The van der Waals surface area contributed by atoms with Gasteiger partial charge in [0.05, 0.1) is 11.2 Å². The Kier molecular flexibility index (Phi) is 3.04. The molecule has 0 saturated heterocycles. The molecule has 0 aromatic carbocycles. The first-order valence-corrected chi connectivity index (χ1v) is 4.54. The van der Waals surface area contributed by atoms with Gasteiger partial charge >= 0.3 is 6.18 Å². The minimum Gasteiger partial charge on any atom is -0.311 e. The van der Waals surface area contributed by atoms with Gasteiger partial charge in [-0.3, -0.25) is 9.48 Å². The zero-order valence-corrected chi connectivity index (χ0v) is 9.23. The second-order valence-corrected chi connectivity index (χ2v) is 3.90. The van der Waals surface area contributed by atoms with Crippen LogP contribution in [0.2, 0.25) is 5.02 Å². The predicted molar refractivity (Wildman–Crippen MR) is 51.2 cm³/mol. The van der Waals surface area contributed by atoms with E-state index >= 15 is 0 Å². The van der Waals surface area contributed by atoms with Crippen molar-refractivity contribution < 1.29 is 18.0 Å². The van der Waals surface area contributed by atoms with Crippen molar-refractivity contribution in [2.24, 2.45) is 12.8 Å². The Labute approximate surface area is 94.2 Å². The van der Waals surface area contributed by atoms with E-state index in [1.54, 1.807) is 0 Å². The van der Waals surface area contributed by atoms with Crippen LogP contribution in [0, 0.1) is 0 Å². The molecule has 0 amide bonds.